The van der Waals surface area contributed by atoms with Crippen molar-refractivity contribution >= 4 is 11.5 Å². The van der Waals surface area contributed by atoms with Crippen LogP contribution in [0.15, 0.2) is 54.7 Å². The van der Waals surface area contributed by atoms with Crippen LogP contribution in [0.25, 0.3) is 0 Å². The van der Waals surface area contributed by atoms with Crippen molar-refractivity contribution in [2.24, 2.45) is 0 Å². The van der Waals surface area contributed by atoms with Crippen molar-refractivity contribution in [3.63, 3.8) is 0 Å². The topological polar surface area (TPSA) is 40.5 Å². The van der Waals surface area contributed by atoms with Crippen molar-refractivity contribution in [3.8, 4) is 5.75 Å². The maximum atomic E-state index is 13.1. The summed E-state index contributed by atoms with van der Waals surface area (Å²) < 4.78 is 13.1. The molecule has 1 N–H and O–H groups in total. The number of carbonyl (C=O) groups is 1. The number of ketones is 1. The van der Waals surface area contributed by atoms with Crippen LogP contribution in [0, 0.1) is 11.9 Å². The van der Waals surface area contributed by atoms with E-state index < -0.39 is 0 Å². The maximum Gasteiger partial charge on any atom is 0.159 e. The third kappa shape index (κ3) is 2.79. The number of nitrogens with zero attached hydrogens (tertiary/aromatic N) is 1. The Labute approximate surface area is 121 Å². The summed E-state index contributed by atoms with van der Waals surface area (Å²) in [7, 11) is 0. The molecule has 1 aliphatic rings. The van der Waals surface area contributed by atoms with Gasteiger partial charge in [-0.15, -0.1) is 0 Å². The van der Waals surface area contributed by atoms with Gasteiger partial charge >= 0.3 is 0 Å². The monoisotopic (exact) mass is 282 g/mol. The Balaban J connectivity index is 2.01. The Bertz CT molecular complexity index is 694. The summed E-state index contributed by atoms with van der Waals surface area (Å²) in [4.78, 5) is 13.6. The van der Waals surface area contributed by atoms with Gasteiger partial charge in [-0.25, -0.2) is 4.39 Å². The number of phenolic OH excluding ortho intramolecular Hbond substituents is 1. The predicted octanol–water partition coefficient (Wildman–Crippen LogP) is 3.37. The number of phenols is 1. The summed E-state index contributed by atoms with van der Waals surface area (Å²) in [6.45, 7) is 0. The van der Waals surface area contributed by atoms with Gasteiger partial charge in [-0.1, -0.05) is 12.1 Å². The molecule has 1 unspecified atom stereocenters. The molecule has 0 fully saturated rings. The summed E-state index contributed by atoms with van der Waals surface area (Å²) in [6.07, 6.45) is 3.50. The van der Waals surface area contributed by atoms with E-state index in [4.69, 9.17) is 0 Å². The molecule has 0 spiro atoms. The molecule has 3 nitrogen and oxygen atoms in total. The second-order valence-corrected chi connectivity index (χ2v) is 4.89. The van der Waals surface area contributed by atoms with Crippen LogP contribution in [0.3, 0.4) is 0 Å². The highest BCUT2D eigenvalue weighted by atomic mass is 19.1. The lowest BCUT2D eigenvalue weighted by Gasteiger charge is -2.33. The quantitative estimate of drug-likeness (QED) is 0.918. The van der Waals surface area contributed by atoms with E-state index >= 15 is 0 Å². The summed E-state index contributed by atoms with van der Waals surface area (Å²) in [5.41, 5.74) is 1.60. The van der Waals surface area contributed by atoms with Gasteiger partial charge in [0, 0.05) is 30.4 Å². The largest absolute Gasteiger partial charge is 0.507 e. The number of carbonyl (C=O) groups excluding carboxylic acids is 1. The lowest BCUT2D eigenvalue weighted by Crippen LogP contribution is -2.28. The number of rotatable bonds is 2. The number of benzene rings is 2. The molecular formula is C17H13FNO2. The van der Waals surface area contributed by atoms with Crippen LogP contribution in [0.1, 0.15) is 18.0 Å². The van der Waals surface area contributed by atoms with E-state index in [0.29, 0.717) is 6.42 Å². The van der Waals surface area contributed by atoms with Gasteiger partial charge in [0.25, 0.3) is 0 Å². The first-order chi connectivity index (χ1) is 10.1. The number of allylic oxidation sites excluding steroid dienone is 1. The van der Waals surface area contributed by atoms with E-state index in [1.54, 1.807) is 36.5 Å². The lowest BCUT2D eigenvalue weighted by atomic mass is 9.96. The average Bonchev–Trinajstić information content (AvgIpc) is 2.48. The van der Waals surface area contributed by atoms with E-state index in [9.17, 15) is 14.3 Å². The van der Waals surface area contributed by atoms with Crippen LogP contribution in [0.4, 0.5) is 10.1 Å². The highest BCUT2D eigenvalue weighted by Gasteiger charge is 2.25. The van der Waals surface area contributed by atoms with Gasteiger partial charge in [0.2, 0.25) is 0 Å². The Kier molecular flexibility index (Phi) is 3.44. The average molecular weight is 282 g/mol. The van der Waals surface area contributed by atoms with Crippen LogP contribution >= 0.6 is 0 Å². The molecule has 1 aliphatic heterocycles. The fourth-order valence-electron chi connectivity index (χ4n) is 2.46. The van der Waals surface area contributed by atoms with E-state index in [-0.39, 0.29) is 23.4 Å². The predicted molar refractivity (Wildman–Crippen MR) is 77.3 cm³/mol. The van der Waals surface area contributed by atoms with E-state index in [1.807, 2.05) is 4.90 Å². The number of anilines is 1. The van der Waals surface area contributed by atoms with Crippen molar-refractivity contribution in [1.82, 2.24) is 0 Å². The van der Waals surface area contributed by atoms with Gasteiger partial charge in [-0.05, 0) is 35.9 Å². The first-order valence-electron chi connectivity index (χ1n) is 6.59. The van der Waals surface area contributed by atoms with Crippen LogP contribution < -0.4 is 4.90 Å². The zero-order valence-corrected chi connectivity index (χ0v) is 11.2. The van der Waals surface area contributed by atoms with Crippen LogP contribution in [-0.4, -0.2) is 10.9 Å². The Hall–Kier alpha value is -2.62. The summed E-state index contributed by atoms with van der Waals surface area (Å²) in [5.74, 6) is -0.252. The molecule has 0 saturated heterocycles. The minimum Gasteiger partial charge on any atom is -0.507 e. The number of hydrogen-bond donors (Lipinski definition) is 1. The zero-order valence-electron chi connectivity index (χ0n) is 11.2. The lowest BCUT2D eigenvalue weighted by molar-refractivity contribution is -0.115. The second kappa shape index (κ2) is 5.40. The van der Waals surface area contributed by atoms with Crippen LogP contribution in [-0.2, 0) is 4.79 Å². The molecule has 2 aromatic rings. The van der Waals surface area contributed by atoms with Crippen molar-refractivity contribution in [1.29, 1.82) is 0 Å². The summed E-state index contributed by atoms with van der Waals surface area (Å²) in [5, 5.41) is 9.57. The second-order valence-electron chi connectivity index (χ2n) is 4.89. The SMILES string of the molecule is O=C1C=CN(c2cc[c]c(O)c2)C(c2ccc(F)cc2)C1. The zero-order chi connectivity index (χ0) is 14.8. The van der Waals surface area contributed by atoms with Gasteiger partial charge in [0.1, 0.15) is 11.6 Å². The minimum absolute atomic E-state index is 0.0206. The third-order valence-electron chi connectivity index (χ3n) is 3.47. The fourth-order valence-corrected chi connectivity index (χ4v) is 2.46. The van der Waals surface area contributed by atoms with Crippen molar-refractivity contribution in [2.45, 2.75) is 12.5 Å². The smallest absolute Gasteiger partial charge is 0.159 e. The minimum atomic E-state index is -0.310. The molecule has 0 aromatic heterocycles. The Morgan fingerprint density at radius 3 is 2.71 bits per heavy atom. The number of aromatic hydroxyl groups is 1. The van der Waals surface area contributed by atoms with Crippen LogP contribution in [0.2, 0.25) is 0 Å². The molecule has 1 radical (unpaired) electrons. The van der Waals surface area contributed by atoms with E-state index in [1.165, 1.54) is 18.2 Å². The molecule has 3 rings (SSSR count). The Morgan fingerprint density at radius 1 is 1.24 bits per heavy atom. The van der Waals surface area contributed by atoms with Crippen molar-refractivity contribution < 1.29 is 14.3 Å². The van der Waals surface area contributed by atoms with Gasteiger partial charge in [-0.3, -0.25) is 4.79 Å². The number of halogens is 1. The third-order valence-corrected chi connectivity index (χ3v) is 3.47. The van der Waals surface area contributed by atoms with Gasteiger partial charge in [0.15, 0.2) is 5.78 Å². The van der Waals surface area contributed by atoms with E-state index in [0.717, 1.165) is 11.3 Å². The molecule has 0 amide bonds. The molecule has 1 atom stereocenters. The summed E-state index contributed by atoms with van der Waals surface area (Å²) >= 11 is 0. The van der Waals surface area contributed by atoms with E-state index in [2.05, 4.69) is 6.07 Å². The van der Waals surface area contributed by atoms with Gasteiger partial charge in [0.05, 0.1) is 6.04 Å². The maximum absolute atomic E-state index is 13.1. The highest BCUT2D eigenvalue weighted by Crippen LogP contribution is 2.34. The number of hydrogen-bond acceptors (Lipinski definition) is 3. The molecule has 4 heteroatoms. The molecular weight excluding hydrogens is 269 g/mol. The van der Waals surface area contributed by atoms with Crippen LogP contribution in [0.5, 0.6) is 5.75 Å². The first-order valence-corrected chi connectivity index (χ1v) is 6.59. The standard InChI is InChI=1S/C17H13FNO2/c18-13-6-4-12(5-7-13)17-11-16(21)8-9-19(17)14-2-1-3-15(20)10-14/h1-2,4-10,17,20H,11H2. The van der Waals surface area contributed by atoms with Gasteiger partial charge < -0.3 is 10.0 Å². The van der Waals surface area contributed by atoms with Gasteiger partial charge in [-0.2, -0.15) is 0 Å². The van der Waals surface area contributed by atoms with Crippen molar-refractivity contribution in [2.75, 3.05) is 4.90 Å². The molecule has 0 saturated carbocycles. The molecule has 0 aliphatic carbocycles. The molecule has 2 aromatic carbocycles. The molecule has 21 heavy (non-hydrogen) atoms. The molecule has 1 heterocycles. The highest BCUT2D eigenvalue weighted by molar-refractivity contribution is 5.92. The fraction of sp³-hybridized carbons (Fsp3) is 0.118. The molecule has 105 valence electrons. The summed E-state index contributed by atoms with van der Waals surface area (Å²) in [6, 6.07) is 13.6. The normalized spacial score (nSPS) is 18.0. The Morgan fingerprint density at radius 2 is 2.00 bits per heavy atom. The van der Waals surface area contributed by atoms with Crippen molar-refractivity contribution in [3.05, 3.63) is 72.2 Å². The molecule has 0 bridgehead atoms. The first kappa shape index (κ1) is 13.4.